The van der Waals surface area contributed by atoms with E-state index in [0.29, 0.717) is 0 Å². The maximum absolute atomic E-state index is 5.88. The lowest BCUT2D eigenvalue weighted by atomic mass is 9.92. The lowest BCUT2D eigenvalue weighted by molar-refractivity contribution is 0.603. The van der Waals surface area contributed by atoms with Gasteiger partial charge in [0.1, 0.15) is 0 Å². The first-order chi connectivity index (χ1) is 29.6. The third kappa shape index (κ3) is 8.57. The molecule has 1 aliphatic rings. The van der Waals surface area contributed by atoms with E-state index in [1.54, 1.807) is 0 Å². The van der Waals surface area contributed by atoms with E-state index in [0.717, 1.165) is 62.6 Å². The van der Waals surface area contributed by atoms with Gasteiger partial charge in [0.05, 0.1) is 11.7 Å². The van der Waals surface area contributed by atoms with Crippen molar-refractivity contribution in [3.8, 4) is 12.3 Å². The molecule has 0 saturated heterocycles. The molecule has 0 saturated carbocycles. The van der Waals surface area contributed by atoms with Crippen LogP contribution in [-0.4, -0.2) is 6.04 Å². The largest absolute Gasteiger partial charge is 0.334 e. The standard InChI is InChI=1S/C56H48N4/c1-4-21-45(22-5-2)59(50-31-19-10-20-32-50)55-41-42-56(44(3)43-55)60(53-37-33-51(34-38-53)57(46-23-11-6-12-24-46)47-25-13-7-14-26-47)54-39-35-52(36-40-54)58(48-27-15-8-16-28-48)49-29-17-9-18-30-49/h1,5-44,56H,2-3H3/b22-5-,45-21+. The minimum atomic E-state index is 0.00329. The summed E-state index contributed by atoms with van der Waals surface area (Å²) >= 11 is 0. The van der Waals surface area contributed by atoms with Gasteiger partial charge in [-0.15, -0.1) is 6.42 Å². The molecule has 7 aromatic rings. The lowest BCUT2D eigenvalue weighted by Gasteiger charge is -2.39. The Morgan fingerprint density at radius 3 is 1.18 bits per heavy atom. The van der Waals surface area contributed by atoms with Crippen LogP contribution in [0.15, 0.2) is 248 Å². The predicted octanol–water partition coefficient (Wildman–Crippen LogP) is 14.8. The van der Waals surface area contributed by atoms with E-state index >= 15 is 0 Å². The second-order valence-corrected chi connectivity index (χ2v) is 14.6. The summed E-state index contributed by atoms with van der Waals surface area (Å²) in [5, 5.41) is 0. The number of terminal acetylenes is 1. The first-order valence-electron chi connectivity index (χ1n) is 20.5. The van der Waals surface area contributed by atoms with Gasteiger partial charge in [-0.3, -0.25) is 0 Å². The number of para-hydroxylation sites is 5. The summed E-state index contributed by atoms with van der Waals surface area (Å²) in [5.41, 5.74) is 11.8. The Hall–Kier alpha value is -7.74. The first kappa shape index (κ1) is 39.1. The molecule has 2 atom stereocenters. The molecule has 1 aliphatic carbocycles. The van der Waals surface area contributed by atoms with E-state index in [2.05, 4.69) is 251 Å². The molecule has 0 radical (unpaired) electrons. The molecule has 2 unspecified atom stereocenters. The predicted molar refractivity (Wildman–Crippen MR) is 255 cm³/mol. The molecule has 0 aliphatic heterocycles. The van der Waals surface area contributed by atoms with E-state index in [4.69, 9.17) is 6.42 Å². The van der Waals surface area contributed by atoms with Crippen LogP contribution in [0.4, 0.5) is 51.2 Å². The van der Waals surface area contributed by atoms with Crippen molar-refractivity contribution in [1.29, 1.82) is 0 Å². The molecule has 8 rings (SSSR count). The third-order valence-electron chi connectivity index (χ3n) is 10.7. The Kier molecular flexibility index (Phi) is 12.2. The Bertz CT molecular complexity index is 2400. The Morgan fingerprint density at radius 1 is 0.483 bits per heavy atom. The van der Waals surface area contributed by atoms with Crippen LogP contribution in [-0.2, 0) is 0 Å². The van der Waals surface area contributed by atoms with Crippen LogP contribution in [0.2, 0.25) is 0 Å². The van der Waals surface area contributed by atoms with Gasteiger partial charge in [-0.2, -0.15) is 0 Å². The number of nitrogens with zero attached hydrogens (tertiary/aromatic N) is 4. The van der Waals surface area contributed by atoms with E-state index in [9.17, 15) is 0 Å². The van der Waals surface area contributed by atoms with Gasteiger partial charge < -0.3 is 19.6 Å². The van der Waals surface area contributed by atoms with Crippen LogP contribution in [0.3, 0.4) is 0 Å². The summed E-state index contributed by atoms with van der Waals surface area (Å²) in [6.07, 6.45) is 18.7. The van der Waals surface area contributed by atoms with E-state index in [1.165, 1.54) is 0 Å². The normalized spacial score (nSPS) is 14.9. The summed E-state index contributed by atoms with van der Waals surface area (Å²) in [6.45, 7) is 4.32. The fourth-order valence-electron chi connectivity index (χ4n) is 7.95. The Labute approximate surface area is 355 Å². The second kappa shape index (κ2) is 18.7. The number of benzene rings is 7. The minimum absolute atomic E-state index is 0.00329. The summed E-state index contributed by atoms with van der Waals surface area (Å²) < 4.78 is 0. The number of hydrogen-bond donors (Lipinski definition) is 0. The molecular weight excluding hydrogens is 729 g/mol. The quantitative estimate of drug-likeness (QED) is 0.0854. The van der Waals surface area contributed by atoms with Crippen molar-refractivity contribution in [2.45, 2.75) is 19.9 Å². The van der Waals surface area contributed by atoms with Crippen LogP contribution in [0, 0.1) is 18.3 Å². The van der Waals surface area contributed by atoms with Crippen molar-refractivity contribution in [1.82, 2.24) is 0 Å². The highest BCUT2D eigenvalue weighted by molar-refractivity contribution is 5.80. The van der Waals surface area contributed by atoms with Crippen LogP contribution >= 0.6 is 0 Å². The Balaban J connectivity index is 1.20. The molecule has 0 aromatic heterocycles. The van der Waals surface area contributed by atoms with E-state index < -0.39 is 0 Å². The van der Waals surface area contributed by atoms with Crippen molar-refractivity contribution in [2.75, 3.05) is 19.6 Å². The summed E-state index contributed by atoms with van der Waals surface area (Å²) in [7, 11) is 0. The molecule has 292 valence electrons. The maximum Gasteiger partial charge on any atom is 0.0586 e. The van der Waals surface area contributed by atoms with Crippen LogP contribution in [0.5, 0.6) is 0 Å². The summed E-state index contributed by atoms with van der Waals surface area (Å²) in [4.78, 5) is 9.30. The highest BCUT2D eigenvalue weighted by Gasteiger charge is 2.28. The third-order valence-corrected chi connectivity index (χ3v) is 10.7. The second-order valence-electron chi connectivity index (χ2n) is 14.6. The fourth-order valence-corrected chi connectivity index (χ4v) is 7.95. The van der Waals surface area contributed by atoms with Crippen molar-refractivity contribution < 1.29 is 0 Å². The molecule has 0 fully saturated rings. The van der Waals surface area contributed by atoms with Gasteiger partial charge >= 0.3 is 0 Å². The molecule has 0 heterocycles. The van der Waals surface area contributed by atoms with Crippen molar-refractivity contribution in [3.05, 3.63) is 248 Å². The zero-order valence-corrected chi connectivity index (χ0v) is 34.0. The average Bonchev–Trinajstić information content (AvgIpc) is 3.30. The highest BCUT2D eigenvalue weighted by Crippen LogP contribution is 2.41. The van der Waals surface area contributed by atoms with Gasteiger partial charge in [-0.05, 0) is 128 Å². The summed E-state index contributed by atoms with van der Waals surface area (Å²) in [6, 6.07) is 70.5. The number of hydrogen-bond acceptors (Lipinski definition) is 4. The maximum atomic E-state index is 5.88. The smallest absolute Gasteiger partial charge is 0.0586 e. The monoisotopic (exact) mass is 776 g/mol. The number of rotatable bonds is 13. The topological polar surface area (TPSA) is 13.0 Å². The molecule has 0 bridgehead atoms. The number of allylic oxidation sites excluding steroid dienone is 4. The molecule has 4 heteroatoms. The SMILES string of the molecule is C#C/C=C(\C=C/C)N(C1=CC(C)C(N(c2ccc(N(c3ccccc3)c3ccccc3)cc2)c2ccc(N(c3ccccc3)c3ccccc3)cc2)C=C1)c1ccccc1. The van der Waals surface area contributed by atoms with Crippen molar-refractivity contribution in [2.24, 2.45) is 5.92 Å². The molecule has 60 heavy (non-hydrogen) atoms. The molecule has 0 N–H and O–H groups in total. The van der Waals surface area contributed by atoms with Crippen LogP contribution < -0.4 is 19.6 Å². The fraction of sp³-hybridized carbons (Fsp3) is 0.0714. The van der Waals surface area contributed by atoms with Crippen LogP contribution in [0.1, 0.15) is 13.8 Å². The van der Waals surface area contributed by atoms with Gasteiger partial charge in [-0.1, -0.05) is 122 Å². The van der Waals surface area contributed by atoms with Gasteiger partial charge in [-0.25, -0.2) is 0 Å². The van der Waals surface area contributed by atoms with Crippen molar-refractivity contribution >= 4 is 51.2 Å². The van der Waals surface area contributed by atoms with E-state index in [1.807, 2.05) is 25.1 Å². The average molecular weight is 777 g/mol. The molecule has 0 amide bonds. The van der Waals surface area contributed by atoms with Gasteiger partial charge in [0.2, 0.25) is 0 Å². The molecule has 4 nitrogen and oxygen atoms in total. The van der Waals surface area contributed by atoms with Gasteiger partial charge in [0.15, 0.2) is 0 Å². The zero-order chi connectivity index (χ0) is 41.1. The minimum Gasteiger partial charge on any atom is -0.334 e. The zero-order valence-electron chi connectivity index (χ0n) is 34.0. The molecule has 7 aromatic carbocycles. The highest BCUT2D eigenvalue weighted by atomic mass is 15.2. The first-order valence-corrected chi connectivity index (χ1v) is 20.5. The van der Waals surface area contributed by atoms with Gasteiger partial charge in [0, 0.05) is 68.9 Å². The number of anilines is 9. The molecule has 0 spiro atoms. The molecular formula is C56H48N4. The van der Waals surface area contributed by atoms with Crippen molar-refractivity contribution in [3.63, 3.8) is 0 Å². The van der Waals surface area contributed by atoms with Gasteiger partial charge in [0.25, 0.3) is 0 Å². The van der Waals surface area contributed by atoms with E-state index in [-0.39, 0.29) is 12.0 Å². The Morgan fingerprint density at radius 2 is 0.833 bits per heavy atom. The van der Waals surface area contributed by atoms with Crippen LogP contribution in [0.25, 0.3) is 0 Å². The lowest BCUT2D eigenvalue weighted by Crippen LogP contribution is -2.37. The summed E-state index contributed by atoms with van der Waals surface area (Å²) in [5.74, 6) is 2.88.